The molecule has 7 heteroatoms. The van der Waals surface area contributed by atoms with Gasteiger partial charge >= 0.3 is 0 Å². The number of hydrogen-bond donors (Lipinski definition) is 3. The number of amides is 1. The highest BCUT2D eigenvalue weighted by Gasteiger charge is 2.47. The van der Waals surface area contributed by atoms with Crippen LogP contribution in [0.2, 0.25) is 0 Å². The molecule has 0 aliphatic heterocycles. The lowest BCUT2D eigenvalue weighted by molar-refractivity contribution is -0.132. The van der Waals surface area contributed by atoms with Gasteiger partial charge in [0.15, 0.2) is 0 Å². The Kier molecular flexibility index (Phi) is 8.27. The molecule has 4 N–H and O–H groups in total. The molecule has 0 heterocycles. The minimum absolute atomic E-state index is 0.105. The summed E-state index contributed by atoms with van der Waals surface area (Å²) in [6.07, 6.45) is 8.57. The maximum Gasteiger partial charge on any atom is 0.223 e. The van der Waals surface area contributed by atoms with Crippen LogP contribution in [-0.2, 0) is 9.59 Å². The number of benzene rings is 1. The fourth-order valence-electron chi connectivity index (χ4n) is 5.69. The van der Waals surface area contributed by atoms with Crippen molar-refractivity contribution in [1.29, 1.82) is 0 Å². The zero-order chi connectivity index (χ0) is 22.6. The van der Waals surface area contributed by atoms with Gasteiger partial charge in [0.25, 0.3) is 0 Å². The van der Waals surface area contributed by atoms with Crippen molar-refractivity contribution >= 4 is 40.1 Å². The molecule has 172 valence electrons. The van der Waals surface area contributed by atoms with E-state index in [0.29, 0.717) is 17.9 Å². The summed E-state index contributed by atoms with van der Waals surface area (Å²) in [5.41, 5.74) is 5.03. The molecule has 5 unspecified atom stereocenters. The maximum atomic E-state index is 11.6. The lowest BCUT2D eigenvalue weighted by atomic mass is 9.57. The Labute approximate surface area is 199 Å². The summed E-state index contributed by atoms with van der Waals surface area (Å²) in [5.74, 6) is 1.96. The predicted octanol–water partition coefficient (Wildman–Crippen LogP) is 4.69. The molecule has 1 aromatic carbocycles. The van der Waals surface area contributed by atoms with Crippen LogP contribution in [0.4, 0.5) is 0 Å². The fraction of sp³-hybridized carbons (Fsp3) is 0.667. The summed E-state index contributed by atoms with van der Waals surface area (Å²) in [5, 5.41) is 3.43. The number of fused-ring (bicyclic) bond motifs is 2. The molecule has 0 aromatic heterocycles. The number of hydrogen-bond acceptors (Lipinski definition) is 5. The van der Waals surface area contributed by atoms with Crippen molar-refractivity contribution in [1.82, 2.24) is 10.0 Å². The topological polar surface area (TPSA) is 84.2 Å². The second-order valence-electron chi connectivity index (χ2n) is 9.98. The Morgan fingerprint density at radius 1 is 1.26 bits per heavy atom. The second-order valence-corrected chi connectivity index (χ2v) is 11.7. The van der Waals surface area contributed by atoms with Crippen molar-refractivity contribution < 1.29 is 9.59 Å². The molecule has 0 spiro atoms. The molecule has 31 heavy (non-hydrogen) atoms. The minimum atomic E-state index is -0.278. The number of aldehydes is 1. The van der Waals surface area contributed by atoms with E-state index in [2.05, 4.69) is 39.8 Å². The Morgan fingerprint density at radius 2 is 1.97 bits per heavy atom. The molecule has 0 saturated heterocycles. The van der Waals surface area contributed by atoms with Crippen molar-refractivity contribution in [3.8, 4) is 0 Å². The molecule has 3 aliphatic rings. The lowest BCUT2D eigenvalue weighted by Gasteiger charge is -2.49. The SMILES string of the molecule is CNC1C(C)CC2CC1CC(C)(C(N)=O)C2.O=CC1(NSc2ccccc2Br)CCC1. The first-order chi connectivity index (χ1) is 14.7. The van der Waals surface area contributed by atoms with Gasteiger partial charge in [-0.2, -0.15) is 0 Å². The Balaban J connectivity index is 0.000000176. The number of carbonyl (C=O) groups is 2. The van der Waals surface area contributed by atoms with Crippen LogP contribution >= 0.6 is 27.9 Å². The third kappa shape index (κ3) is 5.73. The Bertz CT molecular complexity index is 786. The van der Waals surface area contributed by atoms with E-state index in [1.807, 2.05) is 31.3 Å². The van der Waals surface area contributed by atoms with Gasteiger partial charge in [-0.1, -0.05) is 26.0 Å². The van der Waals surface area contributed by atoms with Gasteiger partial charge in [0, 0.05) is 20.8 Å². The standard InChI is InChI=1S/C13H24N2O.C11H12BrNOS/c1-8-4-9-5-10(11(8)15-3)7-13(2,6-9)12(14)16;12-9-4-1-2-5-10(9)15-13-11(8-14)6-3-7-11/h8-11,15H,4-7H2,1-3H3,(H2,14,16);1-2,4-5,8,13H,3,6-7H2. The smallest absolute Gasteiger partial charge is 0.223 e. The van der Waals surface area contributed by atoms with E-state index in [4.69, 9.17) is 5.73 Å². The highest BCUT2D eigenvalue weighted by molar-refractivity contribution is 9.10. The van der Waals surface area contributed by atoms with Crippen LogP contribution in [0, 0.1) is 23.2 Å². The average Bonchev–Trinajstić information content (AvgIpc) is 2.69. The van der Waals surface area contributed by atoms with Gasteiger partial charge in [-0.05, 0) is 110 Å². The molecule has 0 radical (unpaired) electrons. The number of carbonyl (C=O) groups excluding carboxylic acids is 2. The third-order valence-corrected chi connectivity index (χ3v) is 9.55. The molecule has 5 atom stereocenters. The van der Waals surface area contributed by atoms with Gasteiger partial charge in [0.2, 0.25) is 5.91 Å². The quantitative estimate of drug-likeness (QED) is 0.382. The van der Waals surface area contributed by atoms with E-state index < -0.39 is 0 Å². The first-order valence-corrected chi connectivity index (χ1v) is 12.9. The summed E-state index contributed by atoms with van der Waals surface area (Å²) in [6, 6.07) is 8.56. The molecule has 4 rings (SSSR count). The summed E-state index contributed by atoms with van der Waals surface area (Å²) in [4.78, 5) is 23.6. The van der Waals surface area contributed by atoms with Crippen molar-refractivity contribution in [2.75, 3.05) is 7.05 Å². The number of nitrogens with two attached hydrogens (primary N) is 1. The van der Waals surface area contributed by atoms with Crippen molar-refractivity contribution in [2.45, 2.75) is 75.3 Å². The van der Waals surface area contributed by atoms with E-state index >= 15 is 0 Å². The molecule has 5 nitrogen and oxygen atoms in total. The summed E-state index contributed by atoms with van der Waals surface area (Å²) < 4.78 is 4.32. The first kappa shape index (κ1) is 24.7. The van der Waals surface area contributed by atoms with Gasteiger partial charge in [-0.25, -0.2) is 4.72 Å². The molecule has 3 fully saturated rings. The monoisotopic (exact) mass is 509 g/mol. The molecule has 2 bridgehead atoms. The van der Waals surface area contributed by atoms with Crippen LogP contribution < -0.4 is 15.8 Å². The van der Waals surface area contributed by atoms with Crippen LogP contribution in [0.3, 0.4) is 0 Å². The molecular weight excluding hydrogens is 474 g/mol. The number of primary amides is 1. The summed E-state index contributed by atoms with van der Waals surface area (Å²) >= 11 is 5.00. The van der Waals surface area contributed by atoms with Crippen molar-refractivity contribution in [3.63, 3.8) is 0 Å². The fourth-order valence-corrected chi connectivity index (χ4v) is 7.10. The molecule has 1 amide bonds. The van der Waals surface area contributed by atoms with Crippen LogP contribution in [0.5, 0.6) is 0 Å². The van der Waals surface area contributed by atoms with Crippen molar-refractivity contribution in [2.24, 2.45) is 28.9 Å². The van der Waals surface area contributed by atoms with E-state index in [1.165, 1.54) is 24.8 Å². The van der Waals surface area contributed by atoms with Gasteiger partial charge in [-0.15, -0.1) is 0 Å². The maximum absolute atomic E-state index is 11.6. The van der Waals surface area contributed by atoms with Crippen LogP contribution in [0.25, 0.3) is 0 Å². The molecule has 1 aromatic rings. The zero-order valence-electron chi connectivity index (χ0n) is 18.8. The highest BCUT2D eigenvalue weighted by Crippen LogP contribution is 2.50. The summed E-state index contributed by atoms with van der Waals surface area (Å²) in [7, 11) is 2.04. The molecular formula is C24H36BrN3O2S. The molecule has 3 aliphatic carbocycles. The summed E-state index contributed by atoms with van der Waals surface area (Å²) in [6.45, 7) is 4.38. The first-order valence-electron chi connectivity index (χ1n) is 11.3. The van der Waals surface area contributed by atoms with Gasteiger partial charge in [-0.3, -0.25) is 4.79 Å². The van der Waals surface area contributed by atoms with E-state index in [1.54, 1.807) is 0 Å². The van der Waals surface area contributed by atoms with E-state index in [9.17, 15) is 9.59 Å². The Morgan fingerprint density at radius 3 is 2.52 bits per heavy atom. The second kappa shape index (κ2) is 10.4. The zero-order valence-corrected chi connectivity index (χ0v) is 21.2. The largest absolute Gasteiger partial charge is 0.369 e. The van der Waals surface area contributed by atoms with Gasteiger partial charge in [0.1, 0.15) is 6.29 Å². The number of halogens is 1. The predicted molar refractivity (Wildman–Crippen MR) is 131 cm³/mol. The van der Waals surface area contributed by atoms with Crippen LogP contribution in [0.1, 0.15) is 58.8 Å². The van der Waals surface area contributed by atoms with E-state index in [-0.39, 0.29) is 16.9 Å². The third-order valence-electron chi connectivity index (χ3n) is 7.51. The van der Waals surface area contributed by atoms with Gasteiger partial charge < -0.3 is 15.8 Å². The van der Waals surface area contributed by atoms with Crippen molar-refractivity contribution in [3.05, 3.63) is 28.7 Å². The highest BCUT2D eigenvalue weighted by atomic mass is 79.9. The Hall–Kier alpha value is -0.890. The van der Waals surface area contributed by atoms with E-state index in [0.717, 1.165) is 53.7 Å². The molecule has 3 saturated carbocycles. The normalized spacial score (nSPS) is 33.4. The van der Waals surface area contributed by atoms with Crippen LogP contribution in [0.15, 0.2) is 33.6 Å². The van der Waals surface area contributed by atoms with Crippen LogP contribution in [-0.4, -0.2) is 30.8 Å². The minimum Gasteiger partial charge on any atom is -0.369 e. The number of rotatable bonds is 6. The number of nitrogens with one attached hydrogen (secondary N) is 2. The lowest BCUT2D eigenvalue weighted by Crippen LogP contribution is -2.52. The van der Waals surface area contributed by atoms with Gasteiger partial charge in [0.05, 0.1) is 5.54 Å². The average molecular weight is 511 g/mol.